The lowest BCUT2D eigenvalue weighted by Gasteiger charge is -2.18. The lowest BCUT2D eigenvalue weighted by molar-refractivity contribution is 0.0989. The Hall–Kier alpha value is -2.30. The quantitative estimate of drug-likeness (QED) is 0.860. The van der Waals surface area contributed by atoms with Crippen LogP contribution in [-0.2, 0) is 0 Å². The number of para-hydroxylation sites is 1. The van der Waals surface area contributed by atoms with Crippen molar-refractivity contribution < 1.29 is 14.1 Å². The van der Waals surface area contributed by atoms with E-state index < -0.39 is 0 Å². The van der Waals surface area contributed by atoms with Gasteiger partial charge in [-0.05, 0) is 32.9 Å². The second-order valence-corrected chi connectivity index (χ2v) is 4.47. The molecule has 20 heavy (non-hydrogen) atoms. The van der Waals surface area contributed by atoms with Crippen LogP contribution in [0.3, 0.4) is 0 Å². The van der Waals surface area contributed by atoms with Gasteiger partial charge in [0.05, 0.1) is 12.2 Å². The summed E-state index contributed by atoms with van der Waals surface area (Å²) in [6.45, 7) is 6.00. The third-order valence-corrected chi connectivity index (χ3v) is 3.05. The summed E-state index contributed by atoms with van der Waals surface area (Å²) in [6, 6.07) is 7.20. The topological polar surface area (TPSA) is 55.6 Å². The number of nitrogens with zero attached hydrogens (tertiary/aromatic N) is 2. The van der Waals surface area contributed by atoms with Crippen LogP contribution in [0.2, 0.25) is 0 Å². The maximum Gasteiger partial charge on any atom is 0.261 e. The van der Waals surface area contributed by atoms with Crippen molar-refractivity contribution in [1.82, 2.24) is 5.16 Å². The van der Waals surface area contributed by atoms with Gasteiger partial charge in [-0.2, -0.15) is 0 Å². The van der Waals surface area contributed by atoms with Gasteiger partial charge in [0.2, 0.25) is 0 Å². The fraction of sp³-hybridized carbons (Fsp3) is 0.333. The van der Waals surface area contributed by atoms with E-state index in [4.69, 9.17) is 9.26 Å². The zero-order valence-electron chi connectivity index (χ0n) is 12.1. The normalized spacial score (nSPS) is 10.4. The van der Waals surface area contributed by atoms with E-state index in [1.54, 1.807) is 31.0 Å². The highest BCUT2D eigenvalue weighted by Crippen LogP contribution is 2.27. The van der Waals surface area contributed by atoms with Crippen LogP contribution in [0.5, 0.6) is 5.75 Å². The van der Waals surface area contributed by atoms with Gasteiger partial charge in [0.25, 0.3) is 5.91 Å². The Bertz CT molecular complexity index is 600. The molecule has 5 heteroatoms. The Labute approximate surface area is 118 Å². The monoisotopic (exact) mass is 274 g/mol. The first-order valence-corrected chi connectivity index (χ1v) is 6.49. The van der Waals surface area contributed by atoms with Gasteiger partial charge in [-0.3, -0.25) is 4.79 Å². The molecule has 0 aliphatic heterocycles. The minimum Gasteiger partial charge on any atom is -0.493 e. The highest BCUT2D eigenvalue weighted by atomic mass is 16.5. The number of aromatic nitrogens is 1. The first-order chi connectivity index (χ1) is 9.56. The third-order valence-electron chi connectivity index (χ3n) is 3.05. The number of carbonyl (C=O) groups is 1. The molecule has 1 heterocycles. The molecule has 0 N–H and O–H groups in total. The fourth-order valence-corrected chi connectivity index (χ4v) is 2.16. The first kappa shape index (κ1) is 14.1. The summed E-state index contributed by atoms with van der Waals surface area (Å²) in [4.78, 5) is 14.2. The Morgan fingerprint density at radius 1 is 1.35 bits per heavy atom. The Balaban J connectivity index is 2.37. The van der Waals surface area contributed by atoms with Gasteiger partial charge in [0.15, 0.2) is 5.76 Å². The first-order valence-electron chi connectivity index (χ1n) is 6.49. The van der Waals surface area contributed by atoms with E-state index in [2.05, 4.69) is 5.16 Å². The second-order valence-electron chi connectivity index (χ2n) is 4.47. The van der Waals surface area contributed by atoms with Crippen LogP contribution in [0.1, 0.15) is 28.7 Å². The number of hydrogen-bond acceptors (Lipinski definition) is 4. The number of benzene rings is 1. The summed E-state index contributed by atoms with van der Waals surface area (Å²) in [5.41, 5.74) is 1.91. The molecule has 0 aliphatic rings. The number of amides is 1. The molecule has 1 aromatic carbocycles. The van der Waals surface area contributed by atoms with Crippen molar-refractivity contribution in [2.24, 2.45) is 0 Å². The zero-order valence-corrected chi connectivity index (χ0v) is 12.1. The number of rotatable bonds is 4. The molecule has 0 bridgehead atoms. The molecule has 2 aromatic rings. The van der Waals surface area contributed by atoms with Crippen LogP contribution < -0.4 is 9.64 Å². The molecule has 0 fully saturated rings. The predicted molar refractivity (Wildman–Crippen MR) is 76.3 cm³/mol. The van der Waals surface area contributed by atoms with Gasteiger partial charge in [0.1, 0.15) is 17.1 Å². The van der Waals surface area contributed by atoms with Crippen molar-refractivity contribution in [2.45, 2.75) is 20.8 Å². The number of carbonyl (C=O) groups excluding carboxylic acids is 1. The molecule has 2 rings (SSSR count). The van der Waals surface area contributed by atoms with Gasteiger partial charge in [0, 0.05) is 7.05 Å². The van der Waals surface area contributed by atoms with Crippen LogP contribution in [-0.4, -0.2) is 24.7 Å². The van der Waals surface area contributed by atoms with Gasteiger partial charge < -0.3 is 14.2 Å². The van der Waals surface area contributed by atoms with Crippen LogP contribution in [0, 0.1) is 13.8 Å². The van der Waals surface area contributed by atoms with Crippen molar-refractivity contribution in [1.29, 1.82) is 0 Å². The van der Waals surface area contributed by atoms with E-state index in [-0.39, 0.29) is 5.91 Å². The summed E-state index contributed by atoms with van der Waals surface area (Å²) >= 11 is 0. The van der Waals surface area contributed by atoms with Crippen molar-refractivity contribution in [3.8, 4) is 5.75 Å². The van der Waals surface area contributed by atoms with E-state index in [0.717, 1.165) is 0 Å². The van der Waals surface area contributed by atoms with Crippen molar-refractivity contribution in [2.75, 3.05) is 18.6 Å². The molecule has 0 atom stereocenters. The Morgan fingerprint density at radius 3 is 2.65 bits per heavy atom. The SMILES string of the molecule is CCOc1ccccc1C(=O)N(C)c1c(C)noc1C. The largest absolute Gasteiger partial charge is 0.493 e. The summed E-state index contributed by atoms with van der Waals surface area (Å²) in [5, 5.41) is 3.87. The predicted octanol–water partition coefficient (Wildman–Crippen LogP) is 2.97. The van der Waals surface area contributed by atoms with E-state index in [1.165, 1.54) is 0 Å². The average molecular weight is 274 g/mol. The van der Waals surface area contributed by atoms with Gasteiger partial charge in [-0.15, -0.1) is 0 Å². The lowest BCUT2D eigenvalue weighted by Crippen LogP contribution is -2.27. The highest BCUT2D eigenvalue weighted by Gasteiger charge is 2.22. The van der Waals surface area contributed by atoms with Crippen LogP contribution in [0.4, 0.5) is 5.69 Å². The molecular weight excluding hydrogens is 256 g/mol. The van der Waals surface area contributed by atoms with Crippen molar-refractivity contribution in [3.63, 3.8) is 0 Å². The standard InChI is InChI=1S/C15H18N2O3/c1-5-19-13-9-7-6-8-12(13)15(18)17(4)14-10(2)16-20-11(14)3/h6-9H,5H2,1-4H3. The van der Waals surface area contributed by atoms with Crippen molar-refractivity contribution >= 4 is 11.6 Å². The minimum absolute atomic E-state index is 0.150. The van der Waals surface area contributed by atoms with E-state index in [9.17, 15) is 4.79 Å². The molecule has 106 valence electrons. The van der Waals surface area contributed by atoms with Crippen LogP contribution >= 0.6 is 0 Å². The maximum atomic E-state index is 12.6. The Morgan fingerprint density at radius 2 is 2.05 bits per heavy atom. The van der Waals surface area contributed by atoms with Crippen LogP contribution in [0.15, 0.2) is 28.8 Å². The number of anilines is 1. The molecular formula is C15H18N2O3. The molecule has 0 radical (unpaired) electrons. The number of hydrogen-bond donors (Lipinski definition) is 0. The number of aryl methyl sites for hydroxylation is 2. The molecule has 5 nitrogen and oxygen atoms in total. The second kappa shape index (κ2) is 5.77. The van der Waals surface area contributed by atoms with E-state index >= 15 is 0 Å². The molecule has 0 saturated heterocycles. The highest BCUT2D eigenvalue weighted by molar-refractivity contribution is 6.08. The molecule has 0 unspecified atom stereocenters. The lowest BCUT2D eigenvalue weighted by atomic mass is 10.1. The van der Waals surface area contributed by atoms with Gasteiger partial charge >= 0.3 is 0 Å². The summed E-state index contributed by atoms with van der Waals surface area (Å²) in [6.07, 6.45) is 0. The summed E-state index contributed by atoms with van der Waals surface area (Å²) in [7, 11) is 1.71. The average Bonchev–Trinajstić information content (AvgIpc) is 2.78. The third kappa shape index (κ3) is 2.52. The molecule has 0 saturated carbocycles. The Kier molecular flexibility index (Phi) is 4.08. The molecule has 0 spiro atoms. The minimum atomic E-state index is -0.150. The fourth-order valence-electron chi connectivity index (χ4n) is 2.16. The smallest absolute Gasteiger partial charge is 0.261 e. The zero-order chi connectivity index (χ0) is 14.7. The maximum absolute atomic E-state index is 12.6. The molecule has 0 aliphatic carbocycles. The van der Waals surface area contributed by atoms with Gasteiger partial charge in [-0.1, -0.05) is 17.3 Å². The van der Waals surface area contributed by atoms with Gasteiger partial charge in [-0.25, -0.2) is 0 Å². The van der Waals surface area contributed by atoms with Crippen LogP contribution in [0.25, 0.3) is 0 Å². The van der Waals surface area contributed by atoms with E-state index in [1.807, 2.05) is 26.0 Å². The van der Waals surface area contributed by atoms with E-state index in [0.29, 0.717) is 35.1 Å². The summed E-state index contributed by atoms with van der Waals surface area (Å²) in [5.74, 6) is 1.05. The van der Waals surface area contributed by atoms with Crippen molar-refractivity contribution in [3.05, 3.63) is 41.3 Å². The molecule has 1 amide bonds. The number of ether oxygens (including phenoxy) is 1. The summed E-state index contributed by atoms with van der Waals surface area (Å²) < 4.78 is 10.6. The molecule has 1 aromatic heterocycles.